The highest BCUT2D eigenvalue weighted by Crippen LogP contribution is 2.33. The molecular formula is C15H21N3O2S. The largest absolute Gasteiger partial charge is 0.331 e. The van der Waals surface area contributed by atoms with Gasteiger partial charge in [0, 0.05) is 25.3 Å². The van der Waals surface area contributed by atoms with Crippen LogP contribution in [0.5, 0.6) is 0 Å². The number of benzene rings is 1. The van der Waals surface area contributed by atoms with Crippen molar-refractivity contribution in [3.8, 4) is 0 Å². The van der Waals surface area contributed by atoms with Crippen LogP contribution < -0.4 is 5.32 Å². The second kappa shape index (κ2) is 4.81. The van der Waals surface area contributed by atoms with E-state index >= 15 is 0 Å². The fourth-order valence-electron chi connectivity index (χ4n) is 3.27. The molecule has 0 aliphatic carbocycles. The van der Waals surface area contributed by atoms with E-state index in [1.165, 1.54) is 6.26 Å². The molecule has 6 heteroatoms. The van der Waals surface area contributed by atoms with E-state index in [1.807, 2.05) is 17.7 Å². The summed E-state index contributed by atoms with van der Waals surface area (Å²) in [7, 11) is -1.31. The lowest BCUT2D eigenvalue weighted by atomic mass is 9.82. The molecule has 1 aliphatic rings. The van der Waals surface area contributed by atoms with E-state index in [0.717, 1.165) is 37.3 Å². The van der Waals surface area contributed by atoms with Crippen molar-refractivity contribution in [1.29, 1.82) is 0 Å². The van der Waals surface area contributed by atoms with Crippen LogP contribution in [-0.2, 0) is 22.3 Å². The first-order valence-corrected chi connectivity index (χ1v) is 9.09. The minimum atomic E-state index is -3.27. The van der Waals surface area contributed by atoms with Gasteiger partial charge >= 0.3 is 0 Å². The quantitative estimate of drug-likeness (QED) is 0.915. The Hall–Kier alpha value is -1.40. The Morgan fingerprint density at radius 2 is 2.14 bits per heavy atom. The molecule has 0 amide bonds. The van der Waals surface area contributed by atoms with Crippen LogP contribution in [0.2, 0.25) is 0 Å². The molecule has 0 spiro atoms. The van der Waals surface area contributed by atoms with Gasteiger partial charge in [0.15, 0.2) is 9.84 Å². The zero-order valence-electron chi connectivity index (χ0n) is 12.7. The molecule has 114 valence electrons. The number of para-hydroxylation sites is 1. The van der Waals surface area contributed by atoms with Crippen LogP contribution >= 0.6 is 0 Å². The van der Waals surface area contributed by atoms with E-state index < -0.39 is 9.84 Å². The van der Waals surface area contributed by atoms with Crippen molar-refractivity contribution >= 4 is 20.9 Å². The van der Waals surface area contributed by atoms with Gasteiger partial charge < -0.3 is 9.88 Å². The Morgan fingerprint density at radius 3 is 2.76 bits per heavy atom. The number of nitrogens with zero attached hydrogens (tertiary/aromatic N) is 2. The summed E-state index contributed by atoms with van der Waals surface area (Å²) in [6.07, 6.45) is 3.41. The predicted octanol–water partition coefficient (Wildman–Crippen LogP) is 1.62. The molecule has 5 nitrogen and oxygen atoms in total. The van der Waals surface area contributed by atoms with Gasteiger partial charge in [-0.15, -0.1) is 0 Å². The number of aromatic nitrogens is 2. The summed E-state index contributed by atoms with van der Waals surface area (Å²) in [5.41, 5.74) is 1.41. The van der Waals surface area contributed by atoms with Crippen LogP contribution in [0.15, 0.2) is 23.1 Å². The molecule has 1 aliphatic heterocycles. The van der Waals surface area contributed by atoms with Crippen LogP contribution in [0.1, 0.15) is 25.6 Å². The standard InChI is InChI=1S/C15H21N3O2S/c1-15(8-5-9-16-10-15)14-17-13-11(18(14)2)6-4-7-12(13)21(3,19)20/h4,6-7,16H,5,8-10H2,1-3H3. The maximum absolute atomic E-state index is 12.0. The highest BCUT2D eigenvalue weighted by atomic mass is 32.2. The number of sulfone groups is 1. The van der Waals surface area contributed by atoms with Crippen molar-refractivity contribution in [2.75, 3.05) is 19.3 Å². The molecule has 3 rings (SSSR count). The van der Waals surface area contributed by atoms with Gasteiger partial charge in [0.25, 0.3) is 0 Å². The fraction of sp³-hybridized carbons (Fsp3) is 0.533. The number of piperidine rings is 1. The summed E-state index contributed by atoms with van der Waals surface area (Å²) < 4.78 is 26.0. The molecule has 1 atom stereocenters. The Balaban J connectivity index is 2.25. The second-order valence-electron chi connectivity index (χ2n) is 6.23. The van der Waals surface area contributed by atoms with E-state index in [0.29, 0.717) is 10.4 Å². The van der Waals surface area contributed by atoms with Crippen molar-refractivity contribution < 1.29 is 8.42 Å². The van der Waals surface area contributed by atoms with Crippen molar-refractivity contribution in [3.63, 3.8) is 0 Å². The average molecular weight is 307 g/mol. The summed E-state index contributed by atoms with van der Waals surface area (Å²) in [6, 6.07) is 5.35. The number of aryl methyl sites for hydroxylation is 1. The summed E-state index contributed by atoms with van der Waals surface area (Å²) in [5.74, 6) is 0.959. The molecule has 2 aromatic rings. The van der Waals surface area contributed by atoms with Gasteiger partial charge in [-0.3, -0.25) is 0 Å². The van der Waals surface area contributed by atoms with Crippen molar-refractivity contribution in [3.05, 3.63) is 24.0 Å². The predicted molar refractivity (Wildman–Crippen MR) is 83.3 cm³/mol. The van der Waals surface area contributed by atoms with Gasteiger partial charge in [0.2, 0.25) is 0 Å². The van der Waals surface area contributed by atoms with E-state index in [1.54, 1.807) is 12.1 Å². The Labute approximate surface area is 125 Å². The molecule has 1 saturated heterocycles. The molecule has 1 aromatic heterocycles. The first-order valence-electron chi connectivity index (χ1n) is 7.20. The topological polar surface area (TPSA) is 64.0 Å². The molecule has 1 unspecified atom stereocenters. The Kier molecular flexibility index (Phi) is 3.33. The third-order valence-electron chi connectivity index (χ3n) is 4.41. The number of fused-ring (bicyclic) bond motifs is 1. The highest BCUT2D eigenvalue weighted by molar-refractivity contribution is 7.91. The van der Waals surface area contributed by atoms with Gasteiger partial charge in [-0.2, -0.15) is 0 Å². The maximum atomic E-state index is 12.0. The smallest absolute Gasteiger partial charge is 0.177 e. The normalized spacial score (nSPS) is 23.6. The lowest BCUT2D eigenvalue weighted by Gasteiger charge is -2.33. The van der Waals surface area contributed by atoms with Gasteiger partial charge in [0.1, 0.15) is 11.3 Å². The van der Waals surface area contributed by atoms with Crippen molar-refractivity contribution in [1.82, 2.24) is 14.9 Å². The first-order chi connectivity index (χ1) is 9.83. The Morgan fingerprint density at radius 1 is 1.38 bits per heavy atom. The number of imidazole rings is 1. The molecular weight excluding hydrogens is 286 g/mol. The SMILES string of the molecule is Cn1c(C2(C)CCCNC2)nc2c(S(C)(=O)=O)cccc21. The zero-order chi connectivity index (χ0) is 15.3. The molecule has 0 radical (unpaired) electrons. The summed E-state index contributed by atoms with van der Waals surface area (Å²) in [4.78, 5) is 5.03. The van der Waals surface area contributed by atoms with Crippen LogP contribution in [0.3, 0.4) is 0 Å². The molecule has 1 aromatic carbocycles. The minimum Gasteiger partial charge on any atom is -0.331 e. The molecule has 1 fully saturated rings. The van der Waals surface area contributed by atoms with Crippen molar-refractivity contribution in [2.24, 2.45) is 7.05 Å². The minimum absolute atomic E-state index is 0.0548. The average Bonchev–Trinajstić information content (AvgIpc) is 2.77. The third kappa shape index (κ3) is 2.36. The van der Waals surface area contributed by atoms with Crippen LogP contribution in [0, 0.1) is 0 Å². The second-order valence-corrected chi connectivity index (χ2v) is 8.22. The van der Waals surface area contributed by atoms with Crippen LogP contribution in [0.25, 0.3) is 11.0 Å². The monoisotopic (exact) mass is 307 g/mol. The summed E-state index contributed by atoms with van der Waals surface area (Å²) >= 11 is 0. The third-order valence-corrected chi connectivity index (χ3v) is 5.54. The molecule has 0 bridgehead atoms. The number of hydrogen-bond acceptors (Lipinski definition) is 4. The lowest BCUT2D eigenvalue weighted by Crippen LogP contribution is -2.42. The fourth-order valence-corrected chi connectivity index (χ4v) is 4.10. The number of hydrogen-bond donors (Lipinski definition) is 1. The van der Waals surface area contributed by atoms with E-state index in [-0.39, 0.29) is 5.41 Å². The van der Waals surface area contributed by atoms with Gasteiger partial charge in [-0.1, -0.05) is 13.0 Å². The summed E-state index contributed by atoms with van der Waals surface area (Å²) in [5, 5.41) is 3.42. The zero-order valence-corrected chi connectivity index (χ0v) is 13.5. The highest BCUT2D eigenvalue weighted by Gasteiger charge is 2.34. The number of rotatable bonds is 2. The van der Waals surface area contributed by atoms with E-state index in [9.17, 15) is 8.42 Å². The lowest BCUT2D eigenvalue weighted by molar-refractivity contribution is 0.318. The van der Waals surface area contributed by atoms with Crippen LogP contribution in [0.4, 0.5) is 0 Å². The van der Waals surface area contributed by atoms with E-state index in [4.69, 9.17) is 4.98 Å². The molecule has 1 N–H and O–H groups in total. The van der Waals surface area contributed by atoms with Gasteiger partial charge in [-0.05, 0) is 31.5 Å². The number of nitrogens with one attached hydrogen (secondary N) is 1. The molecule has 2 heterocycles. The van der Waals surface area contributed by atoms with Crippen LogP contribution in [-0.4, -0.2) is 37.3 Å². The van der Waals surface area contributed by atoms with Crippen molar-refractivity contribution in [2.45, 2.75) is 30.1 Å². The van der Waals surface area contributed by atoms with Gasteiger partial charge in [0.05, 0.1) is 10.4 Å². The maximum Gasteiger partial charge on any atom is 0.177 e. The van der Waals surface area contributed by atoms with E-state index in [2.05, 4.69) is 12.2 Å². The molecule has 0 saturated carbocycles. The Bertz CT molecular complexity index is 787. The molecule has 21 heavy (non-hydrogen) atoms. The summed E-state index contributed by atoms with van der Waals surface area (Å²) in [6.45, 7) is 4.10. The van der Waals surface area contributed by atoms with Gasteiger partial charge in [-0.25, -0.2) is 13.4 Å². The first kappa shape index (κ1) is 14.5.